The van der Waals surface area contributed by atoms with E-state index in [0.29, 0.717) is 13.0 Å². The highest BCUT2D eigenvalue weighted by Gasteiger charge is 2.31. The number of carbonyl (C=O) groups is 3. The predicted octanol–water partition coefficient (Wildman–Crippen LogP) is 2.44. The van der Waals surface area contributed by atoms with Gasteiger partial charge < -0.3 is 20.1 Å². The molecule has 29 heavy (non-hydrogen) atoms. The van der Waals surface area contributed by atoms with Crippen LogP contribution >= 0.6 is 0 Å². The van der Waals surface area contributed by atoms with Crippen molar-refractivity contribution in [1.29, 1.82) is 0 Å². The minimum atomic E-state index is -0.868. The van der Waals surface area contributed by atoms with Crippen LogP contribution in [0.5, 0.6) is 0 Å². The van der Waals surface area contributed by atoms with Crippen molar-refractivity contribution < 1.29 is 23.9 Å². The first-order chi connectivity index (χ1) is 13.8. The Morgan fingerprint density at radius 1 is 1.03 bits per heavy atom. The largest absolute Gasteiger partial charge is 0.466 e. The van der Waals surface area contributed by atoms with E-state index in [2.05, 4.69) is 10.6 Å². The van der Waals surface area contributed by atoms with Crippen molar-refractivity contribution in [2.24, 2.45) is 11.8 Å². The molecule has 0 aliphatic carbocycles. The summed E-state index contributed by atoms with van der Waals surface area (Å²) in [5.41, 5.74) is 0.973. The molecule has 0 radical (unpaired) electrons. The van der Waals surface area contributed by atoms with Crippen LogP contribution in [0, 0.1) is 11.8 Å². The monoisotopic (exact) mass is 406 g/mol. The van der Waals surface area contributed by atoms with Gasteiger partial charge in [-0.25, -0.2) is 0 Å². The normalized spacial score (nSPS) is 14.0. The summed E-state index contributed by atoms with van der Waals surface area (Å²) in [5, 5.41) is 5.34. The van der Waals surface area contributed by atoms with E-state index in [1.165, 1.54) is 7.05 Å². The van der Waals surface area contributed by atoms with Gasteiger partial charge >= 0.3 is 5.97 Å². The number of esters is 1. The topological polar surface area (TPSA) is 93.7 Å². The number of ether oxygens (including phenoxy) is 2. The van der Waals surface area contributed by atoms with Crippen molar-refractivity contribution in [3.8, 4) is 0 Å². The molecule has 3 unspecified atom stereocenters. The molecule has 7 nitrogen and oxygen atoms in total. The third-order valence-electron chi connectivity index (χ3n) is 4.50. The smallest absolute Gasteiger partial charge is 0.306 e. The Morgan fingerprint density at radius 3 is 2.24 bits per heavy atom. The van der Waals surface area contributed by atoms with E-state index in [4.69, 9.17) is 9.47 Å². The van der Waals surface area contributed by atoms with E-state index in [1.807, 2.05) is 44.2 Å². The first kappa shape index (κ1) is 24.6. The molecule has 0 aliphatic rings. The zero-order valence-electron chi connectivity index (χ0n) is 18.1. The van der Waals surface area contributed by atoms with E-state index in [9.17, 15) is 14.4 Å². The average molecular weight is 407 g/mol. The van der Waals surface area contributed by atoms with Crippen molar-refractivity contribution in [1.82, 2.24) is 10.6 Å². The molecule has 1 rings (SSSR count). The number of rotatable bonds is 12. The number of nitrogens with one attached hydrogen (secondary N) is 2. The van der Waals surface area contributed by atoms with Gasteiger partial charge in [-0.15, -0.1) is 0 Å². The molecule has 1 aromatic rings. The van der Waals surface area contributed by atoms with E-state index in [1.54, 1.807) is 13.8 Å². The maximum absolute atomic E-state index is 12.9. The summed E-state index contributed by atoms with van der Waals surface area (Å²) in [7, 11) is 1.51. The Hall–Kier alpha value is -2.41. The van der Waals surface area contributed by atoms with Gasteiger partial charge in [0.1, 0.15) is 6.04 Å². The Kier molecular flexibility index (Phi) is 11.0. The SMILES string of the molecule is CCOC(=O)CC(CC(C)C)C(=O)NC(C(=O)NC)C(C)OCc1ccccc1. The molecule has 7 heteroatoms. The summed E-state index contributed by atoms with van der Waals surface area (Å²) in [6.07, 6.45) is -0.0523. The Balaban J connectivity index is 2.82. The molecule has 3 atom stereocenters. The third-order valence-corrected chi connectivity index (χ3v) is 4.50. The van der Waals surface area contributed by atoms with Crippen LogP contribution in [0.25, 0.3) is 0 Å². The highest BCUT2D eigenvalue weighted by molar-refractivity contribution is 5.90. The average Bonchev–Trinajstić information content (AvgIpc) is 2.69. The van der Waals surface area contributed by atoms with E-state index in [0.717, 1.165) is 5.56 Å². The Morgan fingerprint density at radius 2 is 1.69 bits per heavy atom. The fourth-order valence-electron chi connectivity index (χ4n) is 2.99. The van der Waals surface area contributed by atoms with Gasteiger partial charge in [-0.05, 0) is 31.7 Å². The lowest BCUT2D eigenvalue weighted by Crippen LogP contribution is -2.54. The van der Waals surface area contributed by atoms with Crippen LogP contribution in [0.2, 0.25) is 0 Å². The van der Waals surface area contributed by atoms with Gasteiger partial charge in [0.25, 0.3) is 0 Å². The minimum Gasteiger partial charge on any atom is -0.466 e. The molecule has 2 N–H and O–H groups in total. The first-order valence-corrected chi connectivity index (χ1v) is 10.1. The molecule has 162 valence electrons. The van der Waals surface area contributed by atoms with Gasteiger partial charge in [0, 0.05) is 13.0 Å². The van der Waals surface area contributed by atoms with Crippen LogP contribution in [0.3, 0.4) is 0 Å². The summed E-state index contributed by atoms with van der Waals surface area (Å²) in [5.74, 6) is -1.47. The van der Waals surface area contributed by atoms with Crippen LogP contribution in [0.15, 0.2) is 30.3 Å². The standard InChI is InChI=1S/C22H34N2O5/c1-6-28-19(25)13-18(12-15(2)3)21(26)24-20(22(27)23-5)16(4)29-14-17-10-8-7-9-11-17/h7-11,15-16,18,20H,6,12-14H2,1-5H3,(H,23,27)(H,24,26). The molecule has 0 aromatic heterocycles. The molecule has 0 bridgehead atoms. The molecular weight excluding hydrogens is 372 g/mol. The molecule has 2 amide bonds. The summed E-state index contributed by atoms with van der Waals surface area (Å²) in [6, 6.07) is 8.73. The first-order valence-electron chi connectivity index (χ1n) is 10.1. The maximum atomic E-state index is 12.9. The summed E-state index contributed by atoms with van der Waals surface area (Å²) >= 11 is 0. The fourth-order valence-corrected chi connectivity index (χ4v) is 2.99. The Labute approximate surface area is 173 Å². The van der Waals surface area contributed by atoms with Gasteiger partial charge in [0.05, 0.1) is 25.7 Å². The zero-order chi connectivity index (χ0) is 21.8. The van der Waals surface area contributed by atoms with Crippen LogP contribution in [-0.4, -0.2) is 43.6 Å². The lowest BCUT2D eigenvalue weighted by Gasteiger charge is -2.26. The van der Waals surface area contributed by atoms with Crippen LogP contribution in [-0.2, 0) is 30.5 Å². The number of likely N-dealkylation sites (N-methyl/N-ethyl adjacent to an activating group) is 1. The van der Waals surface area contributed by atoms with Gasteiger partial charge in [-0.3, -0.25) is 14.4 Å². The van der Waals surface area contributed by atoms with Crippen LogP contribution < -0.4 is 10.6 Å². The summed E-state index contributed by atoms with van der Waals surface area (Å²) in [4.78, 5) is 37.1. The van der Waals surface area contributed by atoms with Crippen molar-refractivity contribution >= 4 is 17.8 Å². The maximum Gasteiger partial charge on any atom is 0.306 e. The second kappa shape index (κ2) is 12.9. The van der Waals surface area contributed by atoms with Gasteiger partial charge in [-0.2, -0.15) is 0 Å². The van der Waals surface area contributed by atoms with E-state index < -0.39 is 24.0 Å². The van der Waals surface area contributed by atoms with Crippen molar-refractivity contribution in [3.63, 3.8) is 0 Å². The zero-order valence-corrected chi connectivity index (χ0v) is 18.1. The molecule has 0 heterocycles. The highest BCUT2D eigenvalue weighted by atomic mass is 16.5. The predicted molar refractivity (Wildman–Crippen MR) is 111 cm³/mol. The van der Waals surface area contributed by atoms with Crippen LogP contribution in [0.1, 0.15) is 46.1 Å². The third kappa shape index (κ3) is 9.09. The van der Waals surface area contributed by atoms with E-state index >= 15 is 0 Å². The highest BCUT2D eigenvalue weighted by Crippen LogP contribution is 2.18. The molecule has 0 saturated carbocycles. The molecule has 0 saturated heterocycles. The molecular formula is C22H34N2O5. The number of hydrogen-bond donors (Lipinski definition) is 2. The van der Waals surface area contributed by atoms with Gasteiger partial charge in [0.15, 0.2) is 0 Å². The van der Waals surface area contributed by atoms with Crippen molar-refractivity contribution in [2.75, 3.05) is 13.7 Å². The summed E-state index contributed by atoms with van der Waals surface area (Å²) < 4.78 is 10.8. The lowest BCUT2D eigenvalue weighted by molar-refractivity contribution is -0.147. The van der Waals surface area contributed by atoms with Crippen molar-refractivity contribution in [3.05, 3.63) is 35.9 Å². The van der Waals surface area contributed by atoms with E-state index in [-0.39, 0.29) is 30.8 Å². The van der Waals surface area contributed by atoms with Gasteiger partial charge in [-0.1, -0.05) is 44.2 Å². The van der Waals surface area contributed by atoms with Gasteiger partial charge in [0.2, 0.25) is 11.8 Å². The molecule has 0 aliphatic heterocycles. The number of amides is 2. The Bertz CT molecular complexity index is 648. The second-order valence-electron chi connectivity index (χ2n) is 7.44. The molecule has 0 spiro atoms. The number of carbonyl (C=O) groups excluding carboxylic acids is 3. The quantitative estimate of drug-likeness (QED) is 0.520. The summed E-state index contributed by atoms with van der Waals surface area (Å²) in [6.45, 7) is 8.01. The van der Waals surface area contributed by atoms with Crippen LogP contribution in [0.4, 0.5) is 0 Å². The lowest BCUT2D eigenvalue weighted by atomic mass is 9.92. The molecule has 1 aromatic carbocycles. The fraction of sp³-hybridized carbons (Fsp3) is 0.591. The minimum absolute atomic E-state index is 0.0163. The molecule has 0 fully saturated rings. The number of hydrogen-bond acceptors (Lipinski definition) is 5. The van der Waals surface area contributed by atoms with Crippen molar-refractivity contribution in [2.45, 2.75) is 59.3 Å². The number of benzene rings is 1. The second-order valence-corrected chi connectivity index (χ2v) is 7.44.